The third-order valence-electron chi connectivity index (χ3n) is 6.75. The van der Waals surface area contributed by atoms with Crippen LogP contribution in [0.4, 0.5) is 11.4 Å². The number of hydrogen-bond donors (Lipinski definition) is 2. The van der Waals surface area contributed by atoms with Gasteiger partial charge >= 0.3 is 0 Å². The minimum absolute atomic E-state index is 0.798. The Morgan fingerprint density at radius 2 is 0.944 bits per heavy atom. The van der Waals surface area contributed by atoms with Gasteiger partial charge in [-0.1, -0.05) is 129 Å². The molecule has 0 saturated heterocycles. The van der Waals surface area contributed by atoms with E-state index >= 15 is 0 Å². The van der Waals surface area contributed by atoms with Gasteiger partial charge in [0, 0.05) is 28.1 Å². The van der Waals surface area contributed by atoms with Crippen molar-refractivity contribution in [2.75, 3.05) is 11.5 Å². The van der Waals surface area contributed by atoms with Crippen molar-refractivity contribution in [3.63, 3.8) is 0 Å². The third-order valence-corrected chi connectivity index (χ3v) is 8.79. The van der Waals surface area contributed by atoms with Crippen LogP contribution < -0.4 is 16.7 Å². The third kappa shape index (κ3) is 4.34. The van der Waals surface area contributed by atoms with Crippen LogP contribution in [0.15, 0.2) is 115 Å². The number of para-hydroxylation sites is 1. The summed E-state index contributed by atoms with van der Waals surface area (Å²) >= 11 is 0. The minimum Gasteiger partial charge on any atom is -0.398 e. The lowest BCUT2D eigenvalue weighted by molar-refractivity contribution is 1.55. The zero-order valence-electron chi connectivity index (χ0n) is 21.1. The number of benzene rings is 5. The lowest BCUT2D eigenvalue weighted by Gasteiger charge is -2.27. The van der Waals surface area contributed by atoms with Crippen LogP contribution >= 0.6 is 0 Å². The van der Waals surface area contributed by atoms with Crippen molar-refractivity contribution in [1.29, 1.82) is 0 Å². The second-order valence-corrected chi connectivity index (χ2v) is 15.2. The van der Waals surface area contributed by atoms with Crippen LogP contribution in [-0.4, -0.2) is 8.07 Å². The molecule has 5 rings (SSSR count). The molecule has 0 aliphatic carbocycles. The van der Waals surface area contributed by atoms with Crippen molar-refractivity contribution in [3.8, 4) is 44.5 Å². The quantitative estimate of drug-likeness (QED) is 0.196. The van der Waals surface area contributed by atoms with Gasteiger partial charge in [-0.3, -0.25) is 0 Å². The Morgan fingerprint density at radius 3 is 1.56 bits per heavy atom. The highest BCUT2D eigenvalue weighted by Crippen LogP contribution is 2.42. The van der Waals surface area contributed by atoms with Gasteiger partial charge in [0.05, 0.1) is 8.07 Å². The summed E-state index contributed by atoms with van der Waals surface area (Å²) < 4.78 is 0. The van der Waals surface area contributed by atoms with Gasteiger partial charge in [-0.2, -0.15) is 0 Å². The maximum Gasteiger partial charge on any atom is 0.0792 e. The van der Waals surface area contributed by atoms with E-state index in [-0.39, 0.29) is 0 Å². The van der Waals surface area contributed by atoms with Crippen molar-refractivity contribution in [2.24, 2.45) is 0 Å². The van der Waals surface area contributed by atoms with Crippen molar-refractivity contribution in [2.45, 2.75) is 19.6 Å². The molecular formula is C33H32N2Si. The summed E-state index contributed by atoms with van der Waals surface area (Å²) in [5, 5.41) is 1.38. The summed E-state index contributed by atoms with van der Waals surface area (Å²) in [7, 11) is -1.82. The predicted molar refractivity (Wildman–Crippen MR) is 160 cm³/mol. The van der Waals surface area contributed by atoms with Gasteiger partial charge in [-0.25, -0.2) is 0 Å². The molecule has 0 aliphatic rings. The highest BCUT2D eigenvalue weighted by molar-refractivity contribution is 6.90. The van der Waals surface area contributed by atoms with E-state index in [1.165, 1.54) is 16.3 Å². The molecule has 3 heteroatoms. The average molecular weight is 485 g/mol. The van der Waals surface area contributed by atoms with Crippen molar-refractivity contribution in [1.82, 2.24) is 0 Å². The van der Waals surface area contributed by atoms with E-state index < -0.39 is 8.07 Å². The minimum atomic E-state index is -1.82. The molecule has 178 valence electrons. The fraction of sp³-hybridized carbons (Fsp3) is 0.0909. The monoisotopic (exact) mass is 484 g/mol. The van der Waals surface area contributed by atoms with E-state index in [1.54, 1.807) is 0 Å². The average Bonchev–Trinajstić information content (AvgIpc) is 2.89. The molecule has 0 heterocycles. The first-order valence-corrected chi connectivity index (χ1v) is 15.9. The largest absolute Gasteiger partial charge is 0.398 e. The molecule has 0 saturated carbocycles. The molecule has 0 fully saturated rings. The van der Waals surface area contributed by atoms with Crippen LogP contribution in [0.3, 0.4) is 0 Å². The van der Waals surface area contributed by atoms with Crippen molar-refractivity contribution in [3.05, 3.63) is 115 Å². The van der Waals surface area contributed by atoms with E-state index in [2.05, 4.69) is 111 Å². The lowest BCUT2D eigenvalue weighted by atomic mass is 9.88. The number of anilines is 2. The topological polar surface area (TPSA) is 52.0 Å². The number of nitrogens with two attached hydrogens (primary N) is 2. The summed E-state index contributed by atoms with van der Waals surface area (Å²) in [5.74, 6) is 0. The Hall–Kier alpha value is -4.08. The summed E-state index contributed by atoms with van der Waals surface area (Å²) in [6.45, 7) is 7.17. The van der Waals surface area contributed by atoms with Crippen molar-refractivity contribution >= 4 is 24.6 Å². The van der Waals surface area contributed by atoms with E-state index in [4.69, 9.17) is 11.5 Å². The predicted octanol–water partition coefficient (Wildman–Crippen LogP) is 8.06. The number of hydrogen-bond acceptors (Lipinski definition) is 2. The van der Waals surface area contributed by atoms with Crippen LogP contribution in [-0.2, 0) is 0 Å². The molecule has 2 nitrogen and oxygen atoms in total. The molecule has 5 aromatic rings. The van der Waals surface area contributed by atoms with E-state index in [1.807, 2.05) is 24.3 Å². The molecule has 5 aromatic carbocycles. The van der Waals surface area contributed by atoms with E-state index in [0.717, 1.165) is 44.8 Å². The van der Waals surface area contributed by atoms with Gasteiger partial charge in [0.2, 0.25) is 0 Å². The molecule has 0 unspecified atom stereocenters. The first-order chi connectivity index (χ1) is 17.4. The Morgan fingerprint density at radius 1 is 0.444 bits per heavy atom. The molecule has 0 radical (unpaired) electrons. The summed E-state index contributed by atoms with van der Waals surface area (Å²) in [4.78, 5) is 0. The molecule has 36 heavy (non-hydrogen) atoms. The van der Waals surface area contributed by atoms with E-state index in [0.29, 0.717) is 0 Å². The second-order valence-electron chi connectivity index (χ2n) is 10.2. The van der Waals surface area contributed by atoms with Gasteiger partial charge in [0.25, 0.3) is 0 Å². The molecule has 0 atom stereocenters. The summed E-state index contributed by atoms with van der Waals surface area (Å²) in [5.41, 5.74) is 24.2. The van der Waals surface area contributed by atoms with Crippen LogP contribution in [0.1, 0.15) is 0 Å². The first kappa shape index (κ1) is 23.6. The highest BCUT2D eigenvalue weighted by atomic mass is 28.3. The maximum atomic E-state index is 7.11. The maximum absolute atomic E-state index is 7.11. The van der Waals surface area contributed by atoms with Gasteiger partial charge < -0.3 is 11.5 Å². The number of nitrogen functional groups attached to an aromatic ring is 2. The van der Waals surface area contributed by atoms with Crippen LogP contribution in [0, 0.1) is 0 Å². The fourth-order valence-electron chi connectivity index (χ4n) is 5.18. The highest BCUT2D eigenvalue weighted by Gasteiger charge is 2.27. The Kier molecular flexibility index (Phi) is 6.25. The van der Waals surface area contributed by atoms with Gasteiger partial charge in [0.15, 0.2) is 0 Å². The molecule has 4 N–H and O–H groups in total. The Bertz CT molecular complexity index is 1520. The van der Waals surface area contributed by atoms with Gasteiger partial charge in [-0.15, -0.1) is 0 Å². The van der Waals surface area contributed by atoms with Crippen LogP contribution in [0.25, 0.3) is 44.5 Å². The molecule has 0 amide bonds. The normalized spacial score (nSPS) is 11.4. The van der Waals surface area contributed by atoms with Crippen molar-refractivity contribution < 1.29 is 0 Å². The summed E-state index contributed by atoms with van der Waals surface area (Å²) in [6.07, 6.45) is 0. The molecule has 0 bridgehead atoms. The molecular weight excluding hydrogens is 452 g/mol. The summed E-state index contributed by atoms with van der Waals surface area (Å²) in [6, 6.07) is 40.1. The fourth-order valence-corrected chi connectivity index (χ4v) is 7.23. The van der Waals surface area contributed by atoms with E-state index in [9.17, 15) is 0 Å². The van der Waals surface area contributed by atoms with Gasteiger partial charge in [0.1, 0.15) is 0 Å². The van der Waals surface area contributed by atoms with Gasteiger partial charge in [-0.05, 0) is 39.1 Å². The molecule has 0 spiro atoms. The zero-order chi connectivity index (χ0) is 25.3. The SMILES string of the molecule is C[Si](C)(C)c1c(-c2ccccc2N)cccc1-c1ccc(-c2ccccc2)c(-c2ccccc2)c1N. The Labute approximate surface area is 215 Å². The first-order valence-electron chi connectivity index (χ1n) is 12.4. The second kappa shape index (κ2) is 9.52. The smallest absolute Gasteiger partial charge is 0.0792 e. The van der Waals surface area contributed by atoms with Crippen LogP contribution in [0.5, 0.6) is 0 Å². The van der Waals surface area contributed by atoms with Crippen LogP contribution in [0.2, 0.25) is 19.6 Å². The lowest BCUT2D eigenvalue weighted by Crippen LogP contribution is -2.40. The molecule has 0 aliphatic heterocycles. The molecule has 0 aromatic heterocycles. The zero-order valence-corrected chi connectivity index (χ0v) is 22.1. The number of rotatable bonds is 5. The Balaban J connectivity index is 1.82. The standard InChI is InChI=1S/C33H32N2Si/c1-36(2,3)33-28(26-17-10-11-20-30(26)34)18-12-19-29(33)27-22-21-25(23-13-6-4-7-14-23)31(32(27)35)24-15-8-5-9-16-24/h4-22H,34-35H2,1-3H3.